The Hall–Kier alpha value is -0.683. The van der Waals surface area contributed by atoms with Gasteiger partial charge in [-0.2, -0.15) is 0 Å². The number of hydrogen-bond donors (Lipinski definition) is 0. The van der Waals surface area contributed by atoms with Gasteiger partial charge in [0.2, 0.25) is 8.32 Å². The average molecular weight is 264 g/mol. The summed E-state index contributed by atoms with van der Waals surface area (Å²) >= 11 is 0. The zero-order valence-corrected chi connectivity index (χ0v) is 13.7. The second-order valence-corrected chi connectivity index (χ2v) is 11.1. The van der Waals surface area contributed by atoms with E-state index in [0.29, 0.717) is 0 Å². The molecular weight excluding hydrogens is 236 g/mol. The summed E-state index contributed by atoms with van der Waals surface area (Å²) in [5.41, 5.74) is 1.50. The van der Waals surface area contributed by atoms with E-state index in [4.69, 9.17) is 10.8 Å². The molecule has 102 valence electrons. The van der Waals surface area contributed by atoms with Crippen molar-refractivity contribution in [1.82, 2.24) is 0 Å². The third kappa shape index (κ3) is 4.90. The Bertz CT molecular complexity index is 341. The van der Waals surface area contributed by atoms with Gasteiger partial charge in [-0.15, -0.1) is 12.3 Å². The maximum atomic E-state index is 6.27. The van der Waals surface area contributed by atoms with E-state index >= 15 is 0 Å². The Morgan fingerprint density at radius 3 is 2.56 bits per heavy atom. The topological polar surface area (TPSA) is 9.23 Å². The second kappa shape index (κ2) is 6.47. The van der Waals surface area contributed by atoms with Gasteiger partial charge in [-0.25, -0.2) is 0 Å². The van der Waals surface area contributed by atoms with E-state index in [1.807, 2.05) is 0 Å². The molecule has 0 radical (unpaired) electrons. The van der Waals surface area contributed by atoms with Crippen LogP contribution in [0.15, 0.2) is 11.3 Å². The van der Waals surface area contributed by atoms with Gasteiger partial charge in [-0.3, -0.25) is 0 Å². The summed E-state index contributed by atoms with van der Waals surface area (Å²) in [6.45, 7) is 11.4. The molecule has 0 N–H and O–H groups in total. The third-order valence-corrected chi connectivity index (χ3v) is 4.45. The van der Waals surface area contributed by atoms with Crippen LogP contribution >= 0.6 is 0 Å². The van der Waals surface area contributed by atoms with E-state index in [0.717, 1.165) is 31.1 Å². The minimum absolute atomic E-state index is 0.763. The van der Waals surface area contributed by atoms with Gasteiger partial charge in [0.15, 0.2) is 0 Å². The SMILES string of the molecule is C#CCCC1=C(O[Si](C)(C)C)CC[C@H](C(C)C)C1. The Labute approximate surface area is 114 Å². The highest BCUT2D eigenvalue weighted by Gasteiger charge is 2.27. The number of hydrogen-bond acceptors (Lipinski definition) is 1. The monoisotopic (exact) mass is 264 g/mol. The highest BCUT2D eigenvalue weighted by molar-refractivity contribution is 6.70. The first kappa shape index (κ1) is 15.4. The second-order valence-electron chi connectivity index (χ2n) is 6.69. The van der Waals surface area contributed by atoms with Crippen LogP contribution in [-0.2, 0) is 4.43 Å². The van der Waals surface area contributed by atoms with Crippen LogP contribution < -0.4 is 0 Å². The quantitative estimate of drug-likeness (QED) is 0.503. The molecule has 0 aromatic carbocycles. The molecule has 0 bridgehead atoms. The van der Waals surface area contributed by atoms with Gasteiger partial charge in [0.05, 0.1) is 5.76 Å². The van der Waals surface area contributed by atoms with Crippen LogP contribution in [0, 0.1) is 24.2 Å². The molecule has 0 amide bonds. The van der Waals surface area contributed by atoms with Crippen molar-refractivity contribution in [3.63, 3.8) is 0 Å². The third-order valence-electron chi connectivity index (χ3n) is 3.59. The predicted octanol–water partition coefficient (Wildman–Crippen LogP) is 4.96. The largest absolute Gasteiger partial charge is 0.547 e. The number of allylic oxidation sites excluding steroid dienone is 2. The van der Waals surface area contributed by atoms with Crippen molar-refractivity contribution in [1.29, 1.82) is 0 Å². The molecule has 0 aromatic heterocycles. The molecule has 0 unspecified atom stereocenters. The van der Waals surface area contributed by atoms with Gasteiger partial charge in [-0.1, -0.05) is 13.8 Å². The first-order chi connectivity index (χ1) is 8.33. The van der Waals surface area contributed by atoms with E-state index in [-0.39, 0.29) is 0 Å². The molecular formula is C16H28OSi. The maximum Gasteiger partial charge on any atom is 0.241 e. The zero-order chi connectivity index (χ0) is 13.8. The van der Waals surface area contributed by atoms with Crippen LogP contribution in [0.4, 0.5) is 0 Å². The standard InChI is InChI=1S/C16H28OSi/c1-7-8-9-15-12-14(13(2)3)10-11-16(15)17-18(4,5)6/h1,13-14H,8-12H2,2-6H3/t14-/m0/s1. The summed E-state index contributed by atoms with van der Waals surface area (Å²) in [4.78, 5) is 0. The molecule has 0 spiro atoms. The molecule has 0 aromatic rings. The van der Waals surface area contributed by atoms with Crippen LogP contribution in [0.1, 0.15) is 46.0 Å². The number of terminal acetylenes is 1. The molecule has 1 rings (SSSR count). The molecule has 18 heavy (non-hydrogen) atoms. The molecule has 0 fully saturated rings. The Morgan fingerprint density at radius 1 is 1.39 bits per heavy atom. The minimum atomic E-state index is -1.48. The van der Waals surface area contributed by atoms with E-state index in [1.54, 1.807) is 0 Å². The summed E-state index contributed by atoms with van der Waals surface area (Å²) in [6, 6.07) is 0. The number of rotatable bonds is 5. The fraction of sp³-hybridized carbons (Fsp3) is 0.750. The predicted molar refractivity (Wildman–Crippen MR) is 81.7 cm³/mol. The highest BCUT2D eigenvalue weighted by atomic mass is 28.4. The van der Waals surface area contributed by atoms with E-state index < -0.39 is 8.32 Å². The zero-order valence-electron chi connectivity index (χ0n) is 12.7. The lowest BCUT2D eigenvalue weighted by Gasteiger charge is -2.33. The molecule has 0 aliphatic heterocycles. The fourth-order valence-electron chi connectivity index (χ4n) is 2.55. The molecule has 1 atom stereocenters. The van der Waals surface area contributed by atoms with Crippen LogP contribution in [0.25, 0.3) is 0 Å². The molecule has 1 nitrogen and oxygen atoms in total. The van der Waals surface area contributed by atoms with E-state index in [1.165, 1.54) is 24.2 Å². The van der Waals surface area contributed by atoms with Crippen molar-refractivity contribution >= 4 is 8.32 Å². The average Bonchev–Trinajstić information content (AvgIpc) is 2.25. The minimum Gasteiger partial charge on any atom is -0.547 e. The van der Waals surface area contributed by atoms with Crippen molar-refractivity contribution in [2.75, 3.05) is 0 Å². The van der Waals surface area contributed by atoms with Gasteiger partial charge in [0.25, 0.3) is 0 Å². The molecule has 0 saturated heterocycles. The summed E-state index contributed by atoms with van der Waals surface area (Å²) in [5.74, 6) is 5.62. The molecule has 1 aliphatic carbocycles. The van der Waals surface area contributed by atoms with Crippen LogP contribution in [0.3, 0.4) is 0 Å². The molecule has 0 heterocycles. The van der Waals surface area contributed by atoms with Gasteiger partial charge in [-0.05, 0) is 56.3 Å². The fourth-order valence-corrected chi connectivity index (χ4v) is 3.54. The van der Waals surface area contributed by atoms with Gasteiger partial charge in [0.1, 0.15) is 0 Å². The molecule has 2 heteroatoms. The van der Waals surface area contributed by atoms with Gasteiger partial charge < -0.3 is 4.43 Å². The first-order valence-corrected chi connectivity index (χ1v) is 10.6. The highest BCUT2D eigenvalue weighted by Crippen LogP contribution is 2.37. The smallest absolute Gasteiger partial charge is 0.241 e. The normalized spacial score (nSPS) is 21.1. The summed E-state index contributed by atoms with van der Waals surface area (Å²) in [6.07, 6.45) is 10.9. The van der Waals surface area contributed by atoms with Gasteiger partial charge in [0, 0.05) is 12.8 Å². The molecule has 1 aliphatic rings. The van der Waals surface area contributed by atoms with Crippen molar-refractivity contribution in [3.05, 3.63) is 11.3 Å². The lowest BCUT2D eigenvalue weighted by atomic mass is 9.79. The maximum absolute atomic E-state index is 6.27. The lowest BCUT2D eigenvalue weighted by Crippen LogP contribution is -2.28. The summed E-state index contributed by atoms with van der Waals surface area (Å²) < 4.78 is 6.27. The van der Waals surface area contributed by atoms with E-state index in [2.05, 4.69) is 39.4 Å². The lowest BCUT2D eigenvalue weighted by molar-refractivity contribution is 0.285. The van der Waals surface area contributed by atoms with Crippen LogP contribution in [-0.4, -0.2) is 8.32 Å². The summed E-state index contributed by atoms with van der Waals surface area (Å²) in [7, 11) is -1.48. The summed E-state index contributed by atoms with van der Waals surface area (Å²) in [5, 5.41) is 0. The van der Waals surface area contributed by atoms with Gasteiger partial charge >= 0.3 is 0 Å². The Balaban J connectivity index is 2.81. The van der Waals surface area contributed by atoms with Crippen molar-refractivity contribution < 1.29 is 4.43 Å². The van der Waals surface area contributed by atoms with Crippen molar-refractivity contribution in [3.8, 4) is 12.3 Å². The van der Waals surface area contributed by atoms with Crippen LogP contribution in [0.2, 0.25) is 19.6 Å². The Morgan fingerprint density at radius 2 is 2.06 bits per heavy atom. The first-order valence-electron chi connectivity index (χ1n) is 7.17. The van der Waals surface area contributed by atoms with Crippen LogP contribution in [0.5, 0.6) is 0 Å². The molecule has 0 saturated carbocycles. The van der Waals surface area contributed by atoms with E-state index in [9.17, 15) is 0 Å². The Kier molecular flexibility index (Phi) is 5.53. The van der Waals surface area contributed by atoms with Crippen molar-refractivity contribution in [2.24, 2.45) is 11.8 Å². The van der Waals surface area contributed by atoms with Crippen molar-refractivity contribution in [2.45, 2.75) is 65.6 Å².